The molecule has 1 fully saturated rings. The van der Waals surface area contributed by atoms with Crippen LogP contribution in [-0.2, 0) is 0 Å². The van der Waals surface area contributed by atoms with E-state index < -0.39 is 0 Å². The number of hydrogen-bond donors (Lipinski definition) is 2. The van der Waals surface area contributed by atoms with E-state index in [-0.39, 0.29) is 11.9 Å². The summed E-state index contributed by atoms with van der Waals surface area (Å²) < 4.78 is 11.8. The quantitative estimate of drug-likeness (QED) is 0.790. The minimum absolute atomic E-state index is 0.0786. The van der Waals surface area contributed by atoms with Crippen LogP contribution in [0.5, 0.6) is 11.5 Å². The van der Waals surface area contributed by atoms with Crippen molar-refractivity contribution in [2.24, 2.45) is 0 Å². The van der Waals surface area contributed by atoms with E-state index in [1.165, 1.54) is 0 Å². The van der Waals surface area contributed by atoms with Gasteiger partial charge in [-0.3, -0.25) is 4.79 Å². The van der Waals surface area contributed by atoms with Crippen LogP contribution in [0.15, 0.2) is 16.6 Å². The molecule has 0 aliphatic carbocycles. The zero-order chi connectivity index (χ0) is 16.8. The summed E-state index contributed by atoms with van der Waals surface area (Å²) in [6, 6.07) is 4.16. The van der Waals surface area contributed by atoms with E-state index in [2.05, 4.69) is 33.5 Å². The van der Waals surface area contributed by atoms with Gasteiger partial charge in [-0.1, -0.05) is 6.92 Å². The fraction of sp³-hybridized carbons (Fsp3) is 0.588. The molecule has 1 aromatic carbocycles. The van der Waals surface area contributed by atoms with Crippen LogP contribution in [0.4, 0.5) is 0 Å². The van der Waals surface area contributed by atoms with Gasteiger partial charge in [-0.05, 0) is 60.8 Å². The van der Waals surface area contributed by atoms with Crippen LogP contribution >= 0.6 is 15.9 Å². The molecule has 1 aromatic rings. The zero-order valence-corrected chi connectivity index (χ0v) is 15.5. The molecule has 2 atom stereocenters. The number of amides is 1. The summed E-state index contributed by atoms with van der Waals surface area (Å²) in [5, 5.41) is 6.49. The second-order valence-corrected chi connectivity index (χ2v) is 6.74. The number of benzene rings is 1. The number of ether oxygens (including phenoxy) is 2. The van der Waals surface area contributed by atoms with E-state index in [0.717, 1.165) is 30.3 Å². The number of carbonyl (C=O) groups excluding carboxylic acids is 1. The molecule has 5 nitrogen and oxygen atoms in total. The van der Waals surface area contributed by atoms with Crippen LogP contribution in [0.25, 0.3) is 0 Å². The number of carbonyl (C=O) groups is 1. The van der Waals surface area contributed by atoms with Crippen molar-refractivity contribution in [2.45, 2.75) is 45.2 Å². The minimum Gasteiger partial charge on any atom is -0.493 e. The largest absolute Gasteiger partial charge is 0.493 e. The zero-order valence-electron chi connectivity index (χ0n) is 13.9. The fourth-order valence-corrected chi connectivity index (χ4v) is 3.28. The van der Waals surface area contributed by atoms with Crippen LogP contribution in [0.3, 0.4) is 0 Å². The molecule has 0 aromatic heterocycles. The Kier molecular flexibility index (Phi) is 6.72. The summed E-state index contributed by atoms with van der Waals surface area (Å²) in [5.41, 5.74) is 0.573. The highest BCUT2D eigenvalue weighted by Gasteiger charge is 2.22. The minimum atomic E-state index is -0.0786. The first kappa shape index (κ1) is 18.1. The monoisotopic (exact) mass is 384 g/mol. The summed E-state index contributed by atoms with van der Waals surface area (Å²) in [5.74, 6) is 1.13. The molecule has 1 saturated heterocycles. The molecule has 1 amide bonds. The summed E-state index contributed by atoms with van der Waals surface area (Å²) in [7, 11) is 1.58. The van der Waals surface area contributed by atoms with Gasteiger partial charge in [-0.2, -0.15) is 0 Å². The highest BCUT2D eigenvalue weighted by molar-refractivity contribution is 9.10. The number of halogens is 1. The molecule has 6 heteroatoms. The highest BCUT2D eigenvalue weighted by Crippen LogP contribution is 2.36. The molecule has 23 heavy (non-hydrogen) atoms. The Morgan fingerprint density at radius 1 is 1.48 bits per heavy atom. The Morgan fingerprint density at radius 2 is 2.26 bits per heavy atom. The van der Waals surface area contributed by atoms with Gasteiger partial charge in [0.15, 0.2) is 11.5 Å². The third-order valence-corrected chi connectivity index (χ3v) is 4.49. The van der Waals surface area contributed by atoms with Gasteiger partial charge in [0.25, 0.3) is 5.91 Å². The normalized spacial score (nSPS) is 20.9. The van der Waals surface area contributed by atoms with E-state index in [4.69, 9.17) is 9.47 Å². The number of methoxy groups -OCH3 is 1. The van der Waals surface area contributed by atoms with Gasteiger partial charge >= 0.3 is 0 Å². The van der Waals surface area contributed by atoms with Crippen molar-refractivity contribution in [3.63, 3.8) is 0 Å². The molecule has 2 unspecified atom stereocenters. The second-order valence-electron chi connectivity index (χ2n) is 5.89. The summed E-state index contributed by atoms with van der Waals surface area (Å²) in [6.07, 6.45) is 2.81. The summed E-state index contributed by atoms with van der Waals surface area (Å²) in [4.78, 5) is 12.5. The van der Waals surface area contributed by atoms with Crippen LogP contribution in [0, 0.1) is 0 Å². The lowest BCUT2D eigenvalue weighted by Gasteiger charge is -2.28. The molecule has 1 aliphatic rings. The molecule has 1 heterocycles. The molecule has 128 valence electrons. The molecular formula is C17H25BrN2O3. The van der Waals surface area contributed by atoms with Gasteiger partial charge in [-0.15, -0.1) is 0 Å². The predicted molar refractivity (Wildman–Crippen MR) is 94.4 cm³/mol. The van der Waals surface area contributed by atoms with Crippen LogP contribution < -0.4 is 20.1 Å². The molecule has 2 N–H and O–H groups in total. The van der Waals surface area contributed by atoms with Crippen molar-refractivity contribution in [3.05, 3.63) is 22.2 Å². The Bertz CT molecular complexity index is 551. The number of nitrogens with one attached hydrogen (secondary N) is 2. The number of rotatable bonds is 6. The molecule has 0 radical (unpaired) electrons. The highest BCUT2D eigenvalue weighted by atomic mass is 79.9. The maximum atomic E-state index is 12.5. The maximum Gasteiger partial charge on any atom is 0.251 e. The average molecular weight is 385 g/mol. The van der Waals surface area contributed by atoms with Gasteiger partial charge in [0.1, 0.15) is 0 Å². The Labute approximate surface area is 146 Å². The van der Waals surface area contributed by atoms with E-state index in [9.17, 15) is 4.79 Å². The van der Waals surface area contributed by atoms with Gasteiger partial charge in [0, 0.05) is 17.6 Å². The Balaban J connectivity index is 2.12. The van der Waals surface area contributed by atoms with Crippen molar-refractivity contribution in [3.8, 4) is 11.5 Å². The van der Waals surface area contributed by atoms with Crippen LogP contribution in [-0.4, -0.2) is 38.3 Å². The summed E-state index contributed by atoms with van der Waals surface area (Å²) in [6.45, 7) is 5.72. The van der Waals surface area contributed by atoms with E-state index in [1.54, 1.807) is 19.2 Å². The van der Waals surface area contributed by atoms with Crippen molar-refractivity contribution in [1.29, 1.82) is 0 Å². The predicted octanol–water partition coefficient (Wildman–Crippen LogP) is 3.12. The van der Waals surface area contributed by atoms with Crippen molar-refractivity contribution in [1.82, 2.24) is 10.6 Å². The molecule has 0 spiro atoms. The second kappa shape index (κ2) is 8.55. The lowest BCUT2D eigenvalue weighted by molar-refractivity contribution is 0.0925. The van der Waals surface area contributed by atoms with Gasteiger partial charge in [0.2, 0.25) is 0 Å². The van der Waals surface area contributed by atoms with Gasteiger partial charge in [-0.25, -0.2) is 0 Å². The third-order valence-electron chi connectivity index (χ3n) is 3.90. The Hall–Kier alpha value is -1.27. The van der Waals surface area contributed by atoms with E-state index in [1.807, 2.05) is 6.92 Å². The molecular weight excluding hydrogens is 360 g/mol. The smallest absolute Gasteiger partial charge is 0.251 e. The number of hydrogen-bond acceptors (Lipinski definition) is 4. The van der Waals surface area contributed by atoms with Crippen molar-refractivity contribution < 1.29 is 14.3 Å². The Morgan fingerprint density at radius 3 is 2.91 bits per heavy atom. The molecule has 0 saturated carbocycles. The molecule has 1 aliphatic heterocycles. The third kappa shape index (κ3) is 4.85. The van der Waals surface area contributed by atoms with E-state index >= 15 is 0 Å². The van der Waals surface area contributed by atoms with E-state index in [0.29, 0.717) is 29.7 Å². The lowest BCUT2D eigenvalue weighted by Crippen LogP contribution is -2.46. The first-order valence-electron chi connectivity index (χ1n) is 8.09. The average Bonchev–Trinajstić information content (AvgIpc) is 2.53. The van der Waals surface area contributed by atoms with Gasteiger partial charge in [0.05, 0.1) is 18.2 Å². The fourth-order valence-electron chi connectivity index (χ4n) is 2.73. The first-order valence-corrected chi connectivity index (χ1v) is 8.89. The van der Waals surface area contributed by atoms with Crippen LogP contribution in [0.2, 0.25) is 0 Å². The SMILES string of the molecule is CCCOc1c(Br)cc(C(=O)NC2CCNC(C)C2)cc1OC. The summed E-state index contributed by atoms with van der Waals surface area (Å²) >= 11 is 3.48. The maximum absolute atomic E-state index is 12.5. The van der Waals surface area contributed by atoms with Crippen LogP contribution in [0.1, 0.15) is 43.5 Å². The van der Waals surface area contributed by atoms with Crippen molar-refractivity contribution >= 4 is 21.8 Å². The van der Waals surface area contributed by atoms with Crippen molar-refractivity contribution in [2.75, 3.05) is 20.3 Å². The topological polar surface area (TPSA) is 59.6 Å². The lowest BCUT2D eigenvalue weighted by atomic mass is 10.00. The number of piperidine rings is 1. The van der Waals surface area contributed by atoms with Gasteiger partial charge < -0.3 is 20.1 Å². The molecule has 2 rings (SSSR count). The standard InChI is InChI=1S/C17H25BrN2O3/c1-4-7-23-16-14(18)9-12(10-15(16)22-3)17(21)20-13-5-6-19-11(2)8-13/h9-11,13,19H,4-8H2,1-3H3,(H,20,21). The first-order chi connectivity index (χ1) is 11.0. The molecule has 0 bridgehead atoms.